The second-order valence-electron chi connectivity index (χ2n) is 5.20. The number of amides is 1. The number of piperidine rings is 1. The fraction of sp³-hybridized carbons (Fsp3) is 0.357. The Labute approximate surface area is 126 Å². The topological polar surface area (TPSA) is 101 Å². The van der Waals surface area contributed by atoms with E-state index in [0.29, 0.717) is 30.6 Å². The van der Waals surface area contributed by atoms with Crippen LogP contribution in [0.1, 0.15) is 23.2 Å². The lowest BCUT2D eigenvalue weighted by Gasteiger charge is -2.31. The van der Waals surface area contributed by atoms with Gasteiger partial charge in [-0.1, -0.05) is 12.1 Å². The number of aliphatic carboxylic acids is 1. The fourth-order valence-electron chi connectivity index (χ4n) is 2.66. The van der Waals surface area contributed by atoms with Gasteiger partial charge in [0.15, 0.2) is 0 Å². The van der Waals surface area contributed by atoms with Crippen LogP contribution in [0.25, 0.3) is 5.69 Å². The number of benzene rings is 1. The van der Waals surface area contributed by atoms with Crippen LogP contribution in [0.3, 0.4) is 0 Å². The number of para-hydroxylation sites is 1. The number of hydrogen-bond donors (Lipinski definition) is 1. The third kappa shape index (κ3) is 2.67. The van der Waals surface area contributed by atoms with Crippen LogP contribution in [0, 0.1) is 5.92 Å². The van der Waals surface area contributed by atoms with Gasteiger partial charge < -0.3 is 10.0 Å². The first kappa shape index (κ1) is 14.2. The molecule has 1 N–H and O–H groups in total. The standard InChI is InChI=1S/C14H15N5O3/c20-13(18-7-3-4-10(8-18)14(21)22)11-5-1-2-6-12(11)19-9-15-16-17-19/h1-2,5-6,9-10H,3-4,7-8H2,(H,21,22)/t10-/m0/s1. The maximum absolute atomic E-state index is 12.7. The van der Waals surface area contributed by atoms with E-state index in [1.165, 1.54) is 11.0 Å². The molecule has 1 aliphatic heterocycles. The maximum atomic E-state index is 12.7. The molecule has 22 heavy (non-hydrogen) atoms. The number of tetrazole rings is 1. The molecule has 8 nitrogen and oxygen atoms in total. The molecule has 1 aromatic carbocycles. The molecule has 3 rings (SSSR count). The van der Waals surface area contributed by atoms with Crippen molar-refractivity contribution >= 4 is 11.9 Å². The average Bonchev–Trinajstić information content (AvgIpc) is 3.08. The van der Waals surface area contributed by atoms with Gasteiger partial charge in [-0.25, -0.2) is 0 Å². The SMILES string of the molecule is O=C(O)[C@H]1CCCN(C(=O)c2ccccc2-n2cnnn2)C1. The van der Waals surface area contributed by atoms with E-state index in [4.69, 9.17) is 5.11 Å². The van der Waals surface area contributed by atoms with Gasteiger partial charge in [0.05, 0.1) is 17.2 Å². The van der Waals surface area contributed by atoms with E-state index in [9.17, 15) is 9.59 Å². The lowest BCUT2D eigenvalue weighted by molar-refractivity contribution is -0.143. The lowest BCUT2D eigenvalue weighted by atomic mass is 9.97. The molecule has 0 saturated carbocycles. The van der Waals surface area contributed by atoms with Crippen LogP contribution in [0.2, 0.25) is 0 Å². The molecule has 1 aliphatic rings. The molecule has 1 aromatic heterocycles. The smallest absolute Gasteiger partial charge is 0.308 e. The van der Waals surface area contributed by atoms with Crippen LogP contribution >= 0.6 is 0 Å². The van der Waals surface area contributed by atoms with Crippen molar-refractivity contribution in [2.24, 2.45) is 5.92 Å². The Bertz CT molecular complexity index is 686. The van der Waals surface area contributed by atoms with Crippen molar-refractivity contribution in [1.29, 1.82) is 0 Å². The summed E-state index contributed by atoms with van der Waals surface area (Å²) in [6, 6.07) is 7.01. The second kappa shape index (κ2) is 5.92. The summed E-state index contributed by atoms with van der Waals surface area (Å²) >= 11 is 0. The highest BCUT2D eigenvalue weighted by Gasteiger charge is 2.29. The van der Waals surface area contributed by atoms with E-state index in [2.05, 4.69) is 15.5 Å². The van der Waals surface area contributed by atoms with Crippen molar-refractivity contribution in [3.8, 4) is 5.69 Å². The number of likely N-dealkylation sites (tertiary alicyclic amines) is 1. The molecule has 2 heterocycles. The number of rotatable bonds is 3. The zero-order valence-electron chi connectivity index (χ0n) is 11.8. The minimum atomic E-state index is -0.855. The molecule has 0 spiro atoms. The van der Waals surface area contributed by atoms with Crippen LogP contribution in [0.5, 0.6) is 0 Å². The van der Waals surface area contributed by atoms with E-state index < -0.39 is 11.9 Å². The Hall–Kier alpha value is -2.77. The number of carbonyl (C=O) groups is 2. The summed E-state index contributed by atoms with van der Waals surface area (Å²) in [7, 11) is 0. The molecule has 0 radical (unpaired) electrons. The molecule has 0 aliphatic carbocycles. The van der Waals surface area contributed by atoms with Gasteiger partial charge in [-0.3, -0.25) is 9.59 Å². The van der Waals surface area contributed by atoms with Crippen LogP contribution in [-0.4, -0.2) is 55.2 Å². The first-order valence-electron chi connectivity index (χ1n) is 7.01. The van der Waals surface area contributed by atoms with Crippen LogP contribution in [-0.2, 0) is 4.79 Å². The Morgan fingerprint density at radius 3 is 2.82 bits per heavy atom. The van der Waals surface area contributed by atoms with Gasteiger partial charge in [0.1, 0.15) is 6.33 Å². The highest BCUT2D eigenvalue weighted by molar-refractivity contribution is 5.98. The van der Waals surface area contributed by atoms with Crippen molar-refractivity contribution in [3.05, 3.63) is 36.2 Å². The molecule has 2 aromatic rings. The first-order valence-corrected chi connectivity index (χ1v) is 7.01. The van der Waals surface area contributed by atoms with Gasteiger partial charge in [0, 0.05) is 13.1 Å². The Morgan fingerprint density at radius 1 is 1.27 bits per heavy atom. The summed E-state index contributed by atoms with van der Waals surface area (Å²) in [5, 5.41) is 20.1. The quantitative estimate of drug-likeness (QED) is 0.890. The number of aromatic nitrogens is 4. The molecular formula is C14H15N5O3. The number of carboxylic acids is 1. The number of carboxylic acid groups (broad SMARTS) is 1. The Morgan fingerprint density at radius 2 is 2.09 bits per heavy atom. The summed E-state index contributed by atoms with van der Waals surface area (Å²) < 4.78 is 1.42. The number of nitrogens with zero attached hydrogens (tertiary/aromatic N) is 5. The molecular weight excluding hydrogens is 286 g/mol. The highest BCUT2D eigenvalue weighted by Crippen LogP contribution is 2.21. The summed E-state index contributed by atoms with van der Waals surface area (Å²) in [6.07, 6.45) is 2.71. The first-order chi connectivity index (χ1) is 10.7. The van der Waals surface area contributed by atoms with Crippen molar-refractivity contribution in [2.45, 2.75) is 12.8 Å². The zero-order chi connectivity index (χ0) is 15.5. The number of hydrogen-bond acceptors (Lipinski definition) is 5. The van der Waals surface area contributed by atoms with Crippen LogP contribution < -0.4 is 0 Å². The maximum Gasteiger partial charge on any atom is 0.308 e. The van der Waals surface area contributed by atoms with E-state index in [1.807, 2.05) is 0 Å². The minimum absolute atomic E-state index is 0.197. The van der Waals surface area contributed by atoms with Crippen LogP contribution in [0.4, 0.5) is 0 Å². The van der Waals surface area contributed by atoms with Crippen molar-refractivity contribution in [3.63, 3.8) is 0 Å². The van der Waals surface area contributed by atoms with Gasteiger partial charge in [0.25, 0.3) is 5.91 Å². The second-order valence-corrected chi connectivity index (χ2v) is 5.20. The molecule has 1 saturated heterocycles. The zero-order valence-corrected chi connectivity index (χ0v) is 11.8. The van der Waals surface area contributed by atoms with Crippen molar-refractivity contribution in [1.82, 2.24) is 25.1 Å². The molecule has 1 fully saturated rings. The molecule has 0 unspecified atom stereocenters. The summed E-state index contributed by atoms with van der Waals surface area (Å²) in [6.45, 7) is 0.796. The predicted molar refractivity (Wildman–Crippen MR) is 75.4 cm³/mol. The van der Waals surface area contributed by atoms with Crippen LogP contribution in [0.15, 0.2) is 30.6 Å². The van der Waals surface area contributed by atoms with Crippen molar-refractivity contribution in [2.75, 3.05) is 13.1 Å². The minimum Gasteiger partial charge on any atom is -0.481 e. The largest absolute Gasteiger partial charge is 0.481 e. The molecule has 0 bridgehead atoms. The van der Waals surface area contributed by atoms with E-state index in [1.54, 1.807) is 29.2 Å². The Balaban J connectivity index is 1.88. The number of carbonyl (C=O) groups excluding carboxylic acids is 1. The van der Waals surface area contributed by atoms with Gasteiger partial charge in [-0.2, -0.15) is 4.68 Å². The molecule has 1 amide bonds. The van der Waals surface area contributed by atoms with E-state index >= 15 is 0 Å². The lowest BCUT2D eigenvalue weighted by Crippen LogP contribution is -2.42. The molecule has 114 valence electrons. The summed E-state index contributed by atoms with van der Waals surface area (Å²) in [4.78, 5) is 25.5. The van der Waals surface area contributed by atoms with Gasteiger partial charge in [-0.05, 0) is 35.4 Å². The average molecular weight is 301 g/mol. The third-order valence-corrected chi connectivity index (χ3v) is 3.79. The summed E-state index contributed by atoms with van der Waals surface area (Å²) in [5.41, 5.74) is 1.04. The van der Waals surface area contributed by atoms with Gasteiger partial charge in [0.2, 0.25) is 0 Å². The third-order valence-electron chi connectivity index (χ3n) is 3.79. The normalized spacial score (nSPS) is 18.2. The molecule has 8 heteroatoms. The molecule has 1 atom stereocenters. The van der Waals surface area contributed by atoms with E-state index in [0.717, 1.165) is 0 Å². The highest BCUT2D eigenvalue weighted by atomic mass is 16.4. The van der Waals surface area contributed by atoms with E-state index in [-0.39, 0.29) is 12.5 Å². The van der Waals surface area contributed by atoms with Gasteiger partial charge in [-0.15, -0.1) is 5.10 Å². The monoisotopic (exact) mass is 301 g/mol. The van der Waals surface area contributed by atoms with Crippen molar-refractivity contribution < 1.29 is 14.7 Å². The van der Waals surface area contributed by atoms with Gasteiger partial charge >= 0.3 is 5.97 Å². The Kier molecular flexibility index (Phi) is 3.82. The predicted octanol–water partition coefficient (Wildman–Crippen LogP) is 0.599. The fourth-order valence-corrected chi connectivity index (χ4v) is 2.66. The summed E-state index contributed by atoms with van der Waals surface area (Å²) in [5.74, 6) is -1.55.